The Morgan fingerprint density at radius 1 is 1.12 bits per heavy atom. The Morgan fingerprint density at radius 3 is 2.59 bits per heavy atom. The smallest absolute Gasteiger partial charge is 0.387 e. The van der Waals surface area contributed by atoms with Crippen LogP contribution in [0.4, 0.5) is 14.6 Å². The largest absolute Gasteiger partial charge is 0.435 e. The number of nitrogen functional groups attached to an aromatic ring is 1. The zero-order valence-corrected chi connectivity index (χ0v) is 8.68. The predicted octanol–water partition coefficient (Wildman–Crippen LogP) is 2.33. The predicted molar refractivity (Wildman–Crippen MR) is 58.5 cm³/mol. The van der Waals surface area contributed by atoms with Crippen LogP contribution in [0.2, 0.25) is 0 Å². The van der Waals surface area contributed by atoms with Gasteiger partial charge in [-0.15, -0.1) is 10.2 Å². The van der Waals surface area contributed by atoms with Crippen LogP contribution >= 0.6 is 0 Å². The standard InChI is InChI=1S/C11H9F2N3O/c12-11(13)17-8-3-1-2-7(6-8)9-4-5-10(14)16-15-9/h1-6,11H,(H2,14,16). The zero-order chi connectivity index (χ0) is 12.3. The lowest BCUT2D eigenvalue weighted by molar-refractivity contribution is -0.0498. The number of anilines is 1. The minimum atomic E-state index is -2.84. The van der Waals surface area contributed by atoms with E-state index in [1.807, 2.05) is 0 Å². The lowest BCUT2D eigenvalue weighted by Gasteiger charge is -2.06. The summed E-state index contributed by atoms with van der Waals surface area (Å²) in [6.45, 7) is -2.84. The van der Waals surface area contributed by atoms with Crippen LogP contribution in [-0.4, -0.2) is 16.8 Å². The summed E-state index contributed by atoms with van der Waals surface area (Å²) in [5.41, 5.74) is 6.58. The third-order valence-corrected chi connectivity index (χ3v) is 2.04. The molecule has 2 N–H and O–H groups in total. The molecule has 0 aliphatic carbocycles. The number of nitrogens with zero attached hydrogens (tertiary/aromatic N) is 2. The number of hydrogen-bond donors (Lipinski definition) is 1. The quantitative estimate of drug-likeness (QED) is 0.889. The van der Waals surface area contributed by atoms with Gasteiger partial charge in [0.15, 0.2) is 0 Å². The monoisotopic (exact) mass is 237 g/mol. The van der Waals surface area contributed by atoms with Crippen LogP contribution in [0.15, 0.2) is 36.4 Å². The Balaban J connectivity index is 2.29. The summed E-state index contributed by atoms with van der Waals surface area (Å²) in [5, 5.41) is 7.54. The van der Waals surface area contributed by atoms with Crippen molar-refractivity contribution >= 4 is 5.82 Å². The van der Waals surface area contributed by atoms with Gasteiger partial charge in [-0.05, 0) is 24.3 Å². The van der Waals surface area contributed by atoms with Gasteiger partial charge in [-0.25, -0.2) is 0 Å². The van der Waals surface area contributed by atoms with Crippen molar-refractivity contribution in [1.82, 2.24) is 10.2 Å². The van der Waals surface area contributed by atoms with Crippen LogP contribution in [0.3, 0.4) is 0 Å². The molecule has 0 aliphatic heterocycles. The maximum absolute atomic E-state index is 12.0. The van der Waals surface area contributed by atoms with E-state index < -0.39 is 6.61 Å². The molecule has 4 nitrogen and oxygen atoms in total. The van der Waals surface area contributed by atoms with E-state index >= 15 is 0 Å². The molecule has 1 aromatic carbocycles. The second kappa shape index (κ2) is 4.73. The number of rotatable bonds is 3. The molecular formula is C11H9F2N3O. The molecule has 2 rings (SSSR count). The lowest BCUT2D eigenvalue weighted by atomic mass is 10.1. The Hall–Kier alpha value is -2.24. The summed E-state index contributed by atoms with van der Waals surface area (Å²) in [7, 11) is 0. The van der Waals surface area contributed by atoms with Crippen LogP contribution in [-0.2, 0) is 0 Å². The fourth-order valence-electron chi connectivity index (χ4n) is 1.33. The summed E-state index contributed by atoms with van der Waals surface area (Å²) in [6.07, 6.45) is 0. The summed E-state index contributed by atoms with van der Waals surface area (Å²) < 4.78 is 28.4. The minimum Gasteiger partial charge on any atom is -0.435 e. The van der Waals surface area contributed by atoms with Crippen LogP contribution in [0, 0.1) is 0 Å². The topological polar surface area (TPSA) is 61.0 Å². The molecule has 1 aromatic heterocycles. The number of halogens is 2. The molecule has 0 unspecified atom stereocenters. The minimum absolute atomic E-state index is 0.0797. The van der Waals surface area contributed by atoms with Crippen molar-refractivity contribution in [2.75, 3.05) is 5.73 Å². The SMILES string of the molecule is Nc1ccc(-c2cccc(OC(F)F)c2)nn1. The number of aromatic nitrogens is 2. The Labute approximate surface area is 96.0 Å². The van der Waals surface area contributed by atoms with Crippen LogP contribution in [0.1, 0.15) is 0 Å². The van der Waals surface area contributed by atoms with Gasteiger partial charge in [-0.2, -0.15) is 8.78 Å². The van der Waals surface area contributed by atoms with Gasteiger partial charge in [0.25, 0.3) is 0 Å². The number of benzene rings is 1. The first-order chi connectivity index (χ1) is 8.15. The summed E-state index contributed by atoms with van der Waals surface area (Å²) >= 11 is 0. The van der Waals surface area contributed by atoms with Gasteiger partial charge < -0.3 is 10.5 Å². The molecule has 17 heavy (non-hydrogen) atoms. The second-order valence-corrected chi connectivity index (χ2v) is 3.25. The Bertz CT molecular complexity index is 502. The van der Waals surface area contributed by atoms with Crippen molar-refractivity contribution in [3.63, 3.8) is 0 Å². The molecule has 0 spiro atoms. The van der Waals surface area contributed by atoms with E-state index in [0.717, 1.165) is 0 Å². The first-order valence-electron chi connectivity index (χ1n) is 4.79. The van der Waals surface area contributed by atoms with Crippen molar-refractivity contribution in [3.8, 4) is 17.0 Å². The Morgan fingerprint density at radius 2 is 1.94 bits per heavy atom. The molecule has 0 atom stereocenters. The molecule has 0 amide bonds. The molecule has 0 aliphatic rings. The van der Waals surface area contributed by atoms with Gasteiger partial charge in [0.1, 0.15) is 11.6 Å². The molecule has 0 saturated heterocycles. The molecule has 6 heteroatoms. The van der Waals surface area contributed by atoms with Gasteiger partial charge in [-0.3, -0.25) is 0 Å². The number of alkyl halides is 2. The number of ether oxygens (including phenoxy) is 1. The number of hydrogen-bond acceptors (Lipinski definition) is 4. The highest BCUT2D eigenvalue weighted by atomic mass is 19.3. The van der Waals surface area contributed by atoms with E-state index in [-0.39, 0.29) is 5.75 Å². The van der Waals surface area contributed by atoms with Gasteiger partial charge in [-0.1, -0.05) is 12.1 Å². The molecule has 2 aromatic rings. The zero-order valence-electron chi connectivity index (χ0n) is 8.68. The third kappa shape index (κ3) is 2.87. The van der Waals surface area contributed by atoms with Crippen molar-refractivity contribution in [1.29, 1.82) is 0 Å². The first-order valence-corrected chi connectivity index (χ1v) is 4.79. The molecule has 0 fully saturated rings. The third-order valence-electron chi connectivity index (χ3n) is 2.04. The molecule has 88 valence electrons. The normalized spacial score (nSPS) is 10.5. The average Bonchev–Trinajstić information content (AvgIpc) is 2.29. The van der Waals surface area contributed by atoms with Gasteiger partial charge in [0.05, 0.1) is 5.69 Å². The highest BCUT2D eigenvalue weighted by molar-refractivity contribution is 5.61. The van der Waals surface area contributed by atoms with Crippen LogP contribution in [0.25, 0.3) is 11.3 Å². The van der Waals surface area contributed by atoms with Crippen molar-refractivity contribution in [3.05, 3.63) is 36.4 Å². The summed E-state index contributed by atoms with van der Waals surface area (Å²) in [5.74, 6) is 0.380. The maximum Gasteiger partial charge on any atom is 0.387 e. The van der Waals surface area contributed by atoms with E-state index in [9.17, 15) is 8.78 Å². The van der Waals surface area contributed by atoms with E-state index in [4.69, 9.17) is 5.73 Å². The van der Waals surface area contributed by atoms with E-state index in [1.165, 1.54) is 12.1 Å². The Kier molecular flexibility index (Phi) is 3.13. The van der Waals surface area contributed by atoms with Gasteiger partial charge in [0, 0.05) is 5.56 Å². The van der Waals surface area contributed by atoms with E-state index in [2.05, 4.69) is 14.9 Å². The highest BCUT2D eigenvalue weighted by Crippen LogP contribution is 2.23. The highest BCUT2D eigenvalue weighted by Gasteiger charge is 2.06. The van der Waals surface area contributed by atoms with Crippen LogP contribution < -0.4 is 10.5 Å². The second-order valence-electron chi connectivity index (χ2n) is 3.25. The van der Waals surface area contributed by atoms with Crippen LogP contribution in [0.5, 0.6) is 5.75 Å². The number of nitrogens with two attached hydrogens (primary N) is 1. The summed E-state index contributed by atoms with van der Waals surface area (Å²) in [6, 6.07) is 9.48. The first kappa shape index (κ1) is 11.3. The fourth-order valence-corrected chi connectivity index (χ4v) is 1.33. The van der Waals surface area contributed by atoms with E-state index in [1.54, 1.807) is 24.3 Å². The van der Waals surface area contributed by atoms with Crippen molar-refractivity contribution in [2.45, 2.75) is 6.61 Å². The molecule has 1 heterocycles. The van der Waals surface area contributed by atoms with E-state index in [0.29, 0.717) is 17.1 Å². The molecule has 0 saturated carbocycles. The molecular weight excluding hydrogens is 228 g/mol. The van der Waals surface area contributed by atoms with Gasteiger partial charge in [0.2, 0.25) is 0 Å². The summed E-state index contributed by atoms with van der Waals surface area (Å²) in [4.78, 5) is 0. The average molecular weight is 237 g/mol. The fraction of sp³-hybridized carbons (Fsp3) is 0.0909. The van der Waals surface area contributed by atoms with Gasteiger partial charge >= 0.3 is 6.61 Å². The van der Waals surface area contributed by atoms with Crippen molar-refractivity contribution in [2.24, 2.45) is 0 Å². The van der Waals surface area contributed by atoms with Crippen molar-refractivity contribution < 1.29 is 13.5 Å². The molecule has 0 radical (unpaired) electrons. The lowest BCUT2D eigenvalue weighted by Crippen LogP contribution is -2.01. The molecule has 0 bridgehead atoms. The maximum atomic E-state index is 12.0.